The van der Waals surface area contributed by atoms with Gasteiger partial charge in [-0.1, -0.05) is 78.9 Å². The van der Waals surface area contributed by atoms with Crippen molar-refractivity contribution in [3.8, 4) is 63.1 Å². The zero-order valence-electron chi connectivity index (χ0n) is 25.6. The number of hydrogen-bond acceptors (Lipinski definition) is 5. The van der Waals surface area contributed by atoms with Gasteiger partial charge >= 0.3 is 0 Å². The Labute approximate surface area is 279 Å². The minimum atomic E-state index is -0.711. The molecule has 0 bridgehead atoms. The fraction of sp³-hybridized carbons (Fsp3) is 0. The molecule has 0 unspecified atom stereocenters. The lowest BCUT2D eigenvalue weighted by atomic mass is 10.0. The standard InChI is InChI=1S/C41H22F2N6/c42-30-14-18-31(35(43)22-30)29-13-17-34(41-47-39(27-7-3-1-4-8-27)46-40(48-41)28-9-5-2-6-10-28)38(21-29)49-36-19-25(23-44)11-15-32(36)33-16-12-26(24-45)20-37(33)49/h1-22H. The van der Waals surface area contributed by atoms with Gasteiger partial charge in [-0.3, -0.25) is 0 Å². The topological polar surface area (TPSA) is 91.2 Å². The van der Waals surface area contributed by atoms with Gasteiger partial charge in [0.15, 0.2) is 17.5 Å². The van der Waals surface area contributed by atoms with E-state index in [2.05, 4.69) is 12.1 Å². The van der Waals surface area contributed by atoms with Gasteiger partial charge in [0.2, 0.25) is 0 Å². The molecule has 0 saturated heterocycles. The molecule has 8 rings (SSSR count). The predicted molar refractivity (Wildman–Crippen MR) is 185 cm³/mol. The normalized spacial score (nSPS) is 11.0. The molecule has 0 saturated carbocycles. The maximum atomic E-state index is 15.3. The first kappa shape index (κ1) is 29.4. The minimum absolute atomic E-state index is 0.205. The largest absolute Gasteiger partial charge is 0.308 e. The number of rotatable bonds is 5. The summed E-state index contributed by atoms with van der Waals surface area (Å²) in [5.74, 6) is -0.107. The van der Waals surface area contributed by atoms with Crippen LogP contribution in [0.3, 0.4) is 0 Å². The fourth-order valence-electron chi connectivity index (χ4n) is 6.14. The Kier molecular flexibility index (Phi) is 7.17. The van der Waals surface area contributed by atoms with Crippen molar-refractivity contribution < 1.29 is 8.78 Å². The molecule has 6 aromatic carbocycles. The quantitative estimate of drug-likeness (QED) is 0.188. The molecule has 230 valence electrons. The second kappa shape index (κ2) is 12.0. The second-order valence-corrected chi connectivity index (χ2v) is 11.4. The molecular formula is C41H22F2N6. The average Bonchev–Trinajstić information content (AvgIpc) is 3.47. The van der Waals surface area contributed by atoms with Gasteiger partial charge in [-0.25, -0.2) is 23.7 Å². The van der Waals surface area contributed by atoms with Crippen LogP contribution >= 0.6 is 0 Å². The number of fused-ring (bicyclic) bond motifs is 3. The molecule has 8 heteroatoms. The molecule has 0 aliphatic heterocycles. The Hall–Kier alpha value is -7.03. The molecule has 0 aliphatic carbocycles. The van der Waals surface area contributed by atoms with Crippen molar-refractivity contribution in [1.29, 1.82) is 10.5 Å². The van der Waals surface area contributed by atoms with Crippen LogP contribution in [0.5, 0.6) is 0 Å². The van der Waals surface area contributed by atoms with E-state index >= 15 is 4.39 Å². The highest BCUT2D eigenvalue weighted by Gasteiger charge is 2.21. The van der Waals surface area contributed by atoms with E-state index in [-0.39, 0.29) is 5.56 Å². The zero-order chi connectivity index (χ0) is 33.5. The van der Waals surface area contributed by atoms with E-state index in [0.717, 1.165) is 28.0 Å². The van der Waals surface area contributed by atoms with Crippen LogP contribution in [0.15, 0.2) is 133 Å². The van der Waals surface area contributed by atoms with Crippen LogP contribution in [-0.4, -0.2) is 19.5 Å². The smallest absolute Gasteiger partial charge is 0.166 e. The Morgan fingerprint density at radius 3 is 1.55 bits per heavy atom. The highest BCUT2D eigenvalue weighted by Crippen LogP contribution is 2.39. The Morgan fingerprint density at radius 2 is 1.02 bits per heavy atom. The lowest BCUT2D eigenvalue weighted by Gasteiger charge is -2.17. The maximum absolute atomic E-state index is 15.3. The Bertz CT molecular complexity index is 2520. The number of hydrogen-bond donors (Lipinski definition) is 0. The van der Waals surface area contributed by atoms with E-state index in [1.807, 2.05) is 83.4 Å². The van der Waals surface area contributed by atoms with Crippen molar-refractivity contribution >= 4 is 21.8 Å². The molecule has 6 nitrogen and oxygen atoms in total. The first-order valence-electron chi connectivity index (χ1n) is 15.4. The molecule has 0 aliphatic rings. The van der Waals surface area contributed by atoms with E-state index in [0.29, 0.717) is 56.4 Å². The first-order chi connectivity index (χ1) is 24.0. The number of benzene rings is 6. The molecule has 2 heterocycles. The van der Waals surface area contributed by atoms with Gasteiger partial charge in [0.25, 0.3) is 0 Å². The van der Waals surface area contributed by atoms with Crippen molar-refractivity contribution in [2.75, 3.05) is 0 Å². The Morgan fingerprint density at radius 1 is 0.490 bits per heavy atom. The van der Waals surface area contributed by atoms with Crippen LogP contribution in [0, 0.1) is 34.3 Å². The summed E-state index contributed by atoms with van der Waals surface area (Å²) in [6.45, 7) is 0. The molecule has 0 spiro atoms. The van der Waals surface area contributed by atoms with Crippen molar-refractivity contribution in [1.82, 2.24) is 19.5 Å². The van der Waals surface area contributed by atoms with Crippen LogP contribution in [0.25, 0.3) is 72.8 Å². The molecule has 0 N–H and O–H groups in total. The molecule has 8 aromatic rings. The van der Waals surface area contributed by atoms with Crippen molar-refractivity contribution in [2.45, 2.75) is 0 Å². The van der Waals surface area contributed by atoms with E-state index in [9.17, 15) is 14.9 Å². The van der Waals surface area contributed by atoms with Crippen molar-refractivity contribution in [3.63, 3.8) is 0 Å². The van der Waals surface area contributed by atoms with E-state index in [1.54, 1.807) is 36.4 Å². The number of aromatic nitrogens is 4. The average molecular weight is 637 g/mol. The van der Waals surface area contributed by atoms with E-state index in [1.165, 1.54) is 12.1 Å². The summed E-state index contributed by atoms with van der Waals surface area (Å²) in [4.78, 5) is 14.8. The summed E-state index contributed by atoms with van der Waals surface area (Å²) < 4.78 is 31.2. The van der Waals surface area contributed by atoms with Gasteiger partial charge < -0.3 is 4.57 Å². The minimum Gasteiger partial charge on any atom is -0.308 e. The summed E-state index contributed by atoms with van der Waals surface area (Å²) in [5, 5.41) is 21.4. The van der Waals surface area contributed by atoms with Crippen LogP contribution in [0.4, 0.5) is 8.78 Å². The molecule has 0 amide bonds. The van der Waals surface area contributed by atoms with Crippen LogP contribution in [0.2, 0.25) is 0 Å². The van der Waals surface area contributed by atoms with Gasteiger partial charge in [-0.2, -0.15) is 10.5 Å². The summed E-state index contributed by atoms with van der Waals surface area (Å²) in [6, 6.07) is 43.3. The predicted octanol–water partition coefficient (Wildman–Crippen LogP) is 9.66. The molecule has 0 fully saturated rings. The van der Waals surface area contributed by atoms with Gasteiger partial charge in [0.1, 0.15) is 11.6 Å². The van der Waals surface area contributed by atoms with Crippen LogP contribution in [0.1, 0.15) is 11.1 Å². The summed E-state index contributed by atoms with van der Waals surface area (Å²) >= 11 is 0. The van der Waals surface area contributed by atoms with E-state index in [4.69, 9.17) is 15.0 Å². The number of nitriles is 2. The van der Waals surface area contributed by atoms with Crippen LogP contribution in [-0.2, 0) is 0 Å². The van der Waals surface area contributed by atoms with Gasteiger partial charge in [-0.15, -0.1) is 0 Å². The third-order valence-electron chi connectivity index (χ3n) is 8.45. The highest BCUT2D eigenvalue weighted by molar-refractivity contribution is 6.10. The lowest BCUT2D eigenvalue weighted by Crippen LogP contribution is -2.04. The molecular weight excluding hydrogens is 614 g/mol. The first-order valence-corrected chi connectivity index (χ1v) is 15.4. The SMILES string of the molecule is N#Cc1ccc2c3ccc(C#N)cc3n(-c3cc(-c4ccc(F)cc4F)ccc3-c3nc(-c4ccccc4)nc(-c4ccccc4)n3)c2c1. The second-order valence-electron chi connectivity index (χ2n) is 11.4. The molecule has 2 aromatic heterocycles. The zero-order valence-corrected chi connectivity index (χ0v) is 25.6. The monoisotopic (exact) mass is 636 g/mol. The van der Waals surface area contributed by atoms with Crippen molar-refractivity contribution in [3.05, 3.63) is 156 Å². The number of halogens is 2. The lowest BCUT2D eigenvalue weighted by molar-refractivity contribution is 0.585. The van der Waals surface area contributed by atoms with Gasteiger partial charge in [0.05, 0.1) is 40.0 Å². The molecule has 0 atom stereocenters. The Balaban J connectivity index is 1.49. The van der Waals surface area contributed by atoms with Crippen molar-refractivity contribution in [2.24, 2.45) is 0 Å². The maximum Gasteiger partial charge on any atom is 0.166 e. The molecule has 49 heavy (non-hydrogen) atoms. The summed E-state index contributed by atoms with van der Waals surface area (Å²) in [7, 11) is 0. The highest BCUT2D eigenvalue weighted by atomic mass is 19.1. The molecule has 0 radical (unpaired) electrons. The van der Waals surface area contributed by atoms with Gasteiger partial charge in [-0.05, 0) is 54.1 Å². The summed E-state index contributed by atoms with van der Waals surface area (Å²) in [6.07, 6.45) is 0. The summed E-state index contributed by atoms with van der Waals surface area (Å²) in [5.41, 5.74) is 5.71. The van der Waals surface area contributed by atoms with E-state index < -0.39 is 11.6 Å². The van der Waals surface area contributed by atoms with Crippen LogP contribution < -0.4 is 0 Å². The third kappa shape index (κ3) is 5.24. The van der Waals surface area contributed by atoms with Gasteiger partial charge in [0, 0.05) is 39.1 Å². The third-order valence-corrected chi connectivity index (χ3v) is 8.45. The fourth-order valence-corrected chi connectivity index (χ4v) is 6.14. The number of nitrogens with zero attached hydrogens (tertiary/aromatic N) is 6.